The molecule has 2 aromatic rings. The zero-order valence-electron chi connectivity index (χ0n) is 12.1. The quantitative estimate of drug-likeness (QED) is 0.893. The minimum absolute atomic E-state index is 0.414. The third kappa shape index (κ3) is 2.95. The number of hydrogen-bond acceptors (Lipinski definition) is 3. The van der Waals surface area contributed by atoms with E-state index in [2.05, 4.69) is 42.1 Å². The molecular formula is C15H22N4. The average Bonchev–Trinajstić information content (AvgIpc) is 2.84. The highest BCUT2D eigenvalue weighted by molar-refractivity contribution is 5.57. The Morgan fingerprint density at radius 3 is 2.68 bits per heavy atom. The summed E-state index contributed by atoms with van der Waals surface area (Å²) in [5.41, 5.74) is 1.05. The predicted octanol–water partition coefficient (Wildman–Crippen LogP) is 3.42. The second kappa shape index (κ2) is 5.87. The Hall–Kier alpha value is -1.84. The number of nitrogens with one attached hydrogen (secondary N) is 1. The molecule has 2 heterocycles. The molecule has 0 aliphatic carbocycles. The zero-order valence-corrected chi connectivity index (χ0v) is 12.1. The van der Waals surface area contributed by atoms with E-state index in [9.17, 15) is 0 Å². The molecule has 0 fully saturated rings. The van der Waals surface area contributed by atoms with Gasteiger partial charge in [0.25, 0.3) is 0 Å². The summed E-state index contributed by atoms with van der Waals surface area (Å²) in [6.45, 7) is 8.67. The van der Waals surface area contributed by atoms with Crippen molar-refractivity contribution in [3.63, 3.8) is 0 Å². The number of hydrogen-bond donors (Lipinski definition) is 1. The lowest BCUT2D eigenvalue weighted by atomic mass is 10.0. The van der Waals surface area contributed by atoms with E-state index in [0.29, 0.717) is 12.0 Å². The summed E-state index contributed by atoms with van der Waals surface area (Å²) in [5, 5.41) is 3.57. The SMILES string of the molecule is CCC(C)C(C)Nc1cccnc1-n1ccnc1C. The molecule has 0 bridgehead atoms. The summed E-state index contributed by atoms with van der Waals surface area (Å²) < 4.78 is 2.01. The number of aryl methyl sites for hydroxylation is 1. The molecule has 4 nitrogen and oxygen atoms in total. The van der Waals surface area contributed by atoms with Crippen LogP contribution in [-0.2, 0) is 0 Å². The minimum Gasteiger partial charge on any atom is -0.379 e. The van der Waals surface area contributed by atoms with E-state index in [4.69, 9.17) is 0 Å². The molecule has 0 aliphatic heterocycles. The van der Waals surface area contributed by atoms with Gasteiger partial charge in [0.2, 0.25) is 0 Å². The van der Waals surface area contributed by atoms with Crippen LogP contribution in [0.3, 0.4) is 0 Å². The van der Waals surface area contributed by atoms with Crippen molar-refractivity contribution < 1.29 is 0 Å². The topological polar surface area (TPSA) is 42.7 Å². The van der Waals surface area contributed by atoms with E-state index in [1.54, 1.807) is 6.20 Å². The van der Waals surface area contributed by atoms with Crippen LogP contribution in [0, 0.1) is 12.8 Å². The maximum absolute atomic E-state index is 4.48. The van der Waals surface area contributed by atoms with Gasteiger partial charge in [-0.1, -0.05) is 20.3 Å². The van der Waals surface area contributed by atoms with Gasteiger partial charge in [-0.3, -0.25) is 4.57 Å². The van der Waals surface area contributed by atoms with Crippen LogP contribution < -0.4 is 5.32 Å². The summed E-state index contributed by atoms with van der Waals surface area (Å²) in [6.07, 6.45) is 6.71. The fourth-order valence-electron chi connectivity index (χ4n) is 2.04. The van der Waals surface area contributed by atoms with Crippen LogP contribution >= 0.6 is 0 Å². The smallest absolute Gasteiger partial charge is 0.161 e. The molecule has 0 radical (unpaired) electrons. The second-order valence-corrected chi connectivity index (χ2v) is 5.04. The highest BCUT2D eigenvalue weighted by atomic mass is 15.1. The lowest BCUT2D eigenvalue weighted by Crippen LogP contribution is -2.24. The van der Waals surface area contributed by atoms with Gasteiger partial charge in [-0.25, -0.2) is 9.97 Å². The minimum atomic E-state index is 0.414. The Bertz CT molecular complexity index is 532. The van der Waals surface area contributed by atoms with Crippen molar-refractivity contribution >= 4 is 5.69 Å². The normalized spacial score (nSPS) is 14.1. The molecule has 2 atom stereocenters. The molecule has 102 valence electrons. The Morgan fingerprint density at radius 1 is 1.26 bits per heavy atom. The van der Waals surface area contributed by atoms with E-state index in [1.165, 1.54) is 0 Å². The van der Waals surface area contributed by atoms with Gasteiger partial charge in [-0.05, 0) is 31.9 Å². The van der Waals surface area contributed by atoms with Gasteiger partial charge in [0.1, 0.15) is 5.82 Å². The van der Waals surface area contributed by atoms with Crippen LogP contribution in [0.25, 0.3) is 5.82 Å². The molecule has 0 amide bonds. The first-order valence-corrected chi connectivity index (χ1v) is 6.85. The van der Waals surface area contributed by atoms with E-state index in [0.717, 1.165) is 23.8 Å². The van der Waals surface area contributed by atoms with Crippen molar-refractivity contribution in [3.05, 3.63) is 36.5 Å². The highest BCUT2D eigenvalue weighted by Crippen LogP contribution is 2.21. The van der Waals surface area contributed by atoms with Crippen LogP contribution in [0.5, 0.6) is 0 Å². The van der Waals surface area contributed by atoms with Gasteiger partial charge in [-0.2, -0.15) is 0 Å². The third-order valence-electron chi connectivity index (χ3n) is 3.72. The van der Waals surface area contributed by atoms with Gasteiger partial charge in [0.15, 0.2) is 5.82 Å². The van der Waals surface area contributed by atoms with E-state index in [-0.39, 0.29) is 0 Å². The first-order chi connectivity index (χ1) is 9.13. The van der Waals surface area contributed by atoms with Gasteiger partial charge >= 0.3 is 0 Å². The van der Waals surface area contributed by atoms with Crippen molar-refractivity contribution in [2.24, 2.45) is 5.92 Å². The highest BCUT2D eigenvalue weighted by Gasteiger charge is 2.13. The lowest BCUT2D eigenvalue weighted by Gasteiger charge is -2.22. The van der Waals surface area contributed by atoms with Crippen molar-refractivity contribution in [1.82, 2.24) is 14.5 Å². The summed E-state index contributed by atoms with van der Waals surface area (Å²) in [7, 11) is 0. The van der Waals surface area contributed by atoms with E-state index >= 15 is 0 Å². The number of anilines is 1. The molecule has 4 heteroatoms. The summed E-state index contributed by atoms with van der Waals surface area (Å²) >= 11 is 0. The molecule has 19 heavy (non-hydrogen) atoms. The summed E-state index contributed by atoms with van der Waals surface area (Å²) in [5.74, 6) is 2.47. The van der Waals surface area contributed by atoms with Gasteiger partial charge < -0.3 is 5.32 Å². The van der Waals surface area contributed by atoms with E-state index in [1.807, 2.05) is 30.0 Å². The first kappa shape index (κ1) is 13.6. The number of nitrogens with zero attached hydrogens (tertiary/aromatic N) is 3. The standard InChI is InChI=1S/C15H22N4/c1-5-11(2)12(3)18-14-7-6-8-17-15(14)19-10-9-16-13(19)4/h6-12,18H,5H2,1-4H3. The molecule has 0 spiro atoms. The molecule has 2 aromatic heterocycles. The Kier molecular flexibility index (Phi) is 4.20. The lowest BCUT2D eigenvalue weighted by molar-refractivity contribution is 0.494. The van der Waals surface area contributed by atoms with Gasteiger partial charge in [0, 0.05) is 24.6 Å². The van der Waals surface area contributed by atoms with Crippen molar-refractivity contribution in [2.75, 3.05) is 5.32 Å². The van der Waals surface area contributed by atoms with Crippen LogP contribution in [0.4, 0.5) is 5.69 Å². The molecule has 0 aromatic carbocycles. The largest absolute Gasteiger partial charge is 0.379 e. The zero-order chi connectivity index (χ0) is 13.8. The summed E-state index contributed by atoms with van der Waals surface area (Å²) in [4.78, 5) is 8.74. The van der Waals surface area contributed by atoms with Gasteiger partial charge in [-0.15, -0.1) is 0 Å². The molecule has 1 N–H and O–H groups in total. The Labute approximate surface area is 114 Å². The molecule has 2 unspecified atom stereocenters. The Balaban J connectivity index is 2.30. The number of imidazole rings is 1. The molecule has 0 saturated heterocycles. The fraction of sp³-hybridized carbons (Fsp3) is 0.467. The van der Waals surface area contributed by atoms with Crippen molar-refractivity contribution in [2.45, 2.75) is 40.2 Å². The van der Waals surface area contributed by atoms with Crippen LogP contribution in [0.1, 0.15) is 33.0 Å². The maximum Gasteiger partial charge on any atom is 0.161 e. The van der Waals surface area contributed by atoms with Crippen molar-refractivity contribution in [3.8, 4) is 5.82 Å². The fourth-order valence-corrected chi connectivity index (χ4v) is 2.04. The second-order valence-electron chi connectivity index (χ2n) is 5.04. The van der Waals surface area contributed by atoms with Crippen LogP contribution in [-0.4, -0.2) is 20.6 Å². The maximum atomic E-state index is 4.48. The average molecular weight is 258 g/mol. The van der Waals surface area contributed by atoms with Gasteiger partial charge in [0.05, 0.1) is 5.69 Å². The molecular weight excluding hydrogens is 236 g/mol. The number of rotatable bonds is 5. The summed E-state index contributed by atoms with van der Waals surface area (Å²) in [6, 6.07) is 4.44. The predicted molar refractivity (Wildman–Crippen MR) is 78.6 cm³/mol. The Morgan fingerprint density at radius 2 is 2.05 bits per heavy atom. The van der Waals surface area contributed by atoms with Crippen LogP contribution in [0.2, 0.25) is 0 Å². The van der Waals surface area contributed by atoms with Crippen molar-refractivity contribution in [1.29, 1.82) is 0 Å². The monoisotopic (exact) mass is 258 g/mol. The number of pyridine rings is 1. The molecule has 2 rings (SSSR count). The van der Waals surface area contributed by atoms with Crippen LogP contribution in [0.15, 0.2) is 30.7 Å². The number of aromatic nitrogens is 3. The van der Waals surface area contributed by atoms with E-state index < -0.39 is 0 Å². The molecule has 0 saturated carbocycles. The molecule has 0 aliphatic rings. The first-order valence-electron chi connectivity index (χ1n) is 6.85. The third-order valence-corrected chi connectivity index (χ3v) is 3.72.